The van der Waals surface area contributed by atoms with Gasteiger partial charge in [0.25, 0.3) is 0 Å². The van der Waals surface area contributed by atoms with Crippen molar-refractivity contribution in [1.82, 2.24) is 24.6 Å². The van der Waals surface area contributed by atoms with Gasteiger partial charge in [-0.3, -0.25) is 14.6 Å². The number of nitrogens with zero attached hydrogens (tertiary/aromatic N) is 5. The number of aromatic nitrogens is 4. The van der Waals surface area contributed by atoms with Crippen molar-refractivity contribution < 1.29 is 0 Å². The van der Waals surface area contributed by atoms with Gasteiger partial charge in [0.15, 0.2) is 0 Å². The molecular weight excluding hydrogens is 370 g/mol. The fraction of sp³-hybridized carbons (Fsp3) is 0.240. The molecule has 1 aliphatic heterocycles. The topological polar surface area (TPSA) is 46.8 Å². The van der Waals surface area contributed by atoms with Crippen molar-refractivity contribution in [3.05, 3.63) is 90.6 Å². The van der Waals surface area contributed by atoms with Crippen molar-refractivity contribution in [2.45, 2.75) is 18.9 Å². The summed E-state index contributed by atoms with van der Waals surface area (Å²) < 4.78 is 2.15. The van der Waals surface area contributed by atoms with E-state index in [0.717, 1.165) is 30.0 Å². The highest BCUT2D eigenvalue weighted by atomic mass is 15.3. The molecule has 0 N–H and O–H groups in total. The lowest BCUT2D eigenvalue weighted by Crippen LogP contribution is -2.18. The van der Waals surface area contributed by atoms with Crippen molar-refractivity contribution in [2.24, 2.45) is 0 Å². The van der Waals surface area contributed by atoms with Crippen LogP contribution in [0.3, 0.4) is 0 Å². The minimum atomic E-state index is 0.305. The van der Waals surface area contributed by atoms with Gasteiger partial charge in [-0.05, 0) is 61.0 Å². The minimum absolute atomic E-state index is 0.305. The Balaban J connectivity index is 1.47. The van der Waals surface area contributed by atoms with Gasteiger partial charge in [0, 0.05) is 55.1 Å². The van der Waals surface area contributed by atoms with Crippen molar-refractivity contribution in [3.8, 4) is 22.4 Å². The van der Waals surface area contributed by atoms with E-state index in [1.54, 1.807) is 0 Å². The number of likely N-dealkylation sites (N-methyl/N-ethyl adjacent to an activating group) is 1. The Bertz CT molecular complexity index is 1150. The van der Waals surface area contributed by atoms with Gasteiger partial charge in [-0.25, -0.2) is 0 Å². The van der Waals surface area contributed by atoms with E-state index in [0.29, 0.717) is 12.0 Å². The molecule has 2 atom stereocenters. The third kappa shape index (κ3) is 3.64. The van der Waals surface area contributed by atoms with E-state index in [9.17, 15) is 0 Å². The lowest BCUT2D eigenvalue weighted by atomic mass is 9.92. The van der Waals surface area contributed by atoms with E-state index in [-0.39, 0.29) is 0 Å². The van der Waals surface area contributed by atoms with Gasteiger partial charge in [-0.15, -0.1) is 0 Å². The van der Waals surface area contributed by atoms with E-state index in [4.69, 9.17) is 5.10 Å². The summed E-state index contributed by atoms with van der Waals surface area (Å²) in [5, 5.41) is 4.95. The second-order valence-electron chi connectivity index (χ2n) is 8.12. The number of hydrogen-bond donors (Lipinski definition) is 0. The van der Waals surface area contributed by atoms with Crippen LogP contribution in [0.4, 0.5) is 0 Å². The van der Waals surface area contributed by atoms with Crippen LogP contribution < -0.4 is 0 Å². The molecule has 150 valence electrons. The molecule has 0 unspecified atom stereocenters. The monoisotopic (exact) mass is 395 g/mol. The summed E-state index contributed by atoms with van der Waals surface area (Å²) in [5.41, 5.74) is 6.91. The highest BCUT2D eigenvalue weighted by Crippen LogP contribution is 2.37. The molecule has 0 aliphatic carbocycles. The summed E-state index contributed by atoms with van der Waals surface area (Å²) in [6.07, 6.45) is 7.66. The van der Waals surface area contributed by atoms with Crippen molar-refractivity contribution in [2.75, 3.05) is 20.1 Å². The van der Waals surface area contributed by atoms with E-state index >= 15 is 0 Å². The Morgan fingerprint density at radius 3 is 2.53 bits per heavy atom. The van der Waals surface area contributed by atoms with Crippen LogP contribution in [0.25, 0.3) is 22.4 Å². The second-order valence-corrected chi connectivity index (χ2v) is 8.12. The predicted octanol–water partition coefficient (Wildman–Crippen LogP) is 4.59. The first-order valence-electron chi connectivity index (χ1n) is 10.3. The van der Waals surface area contributed by atoms with Gasteiger partial charge in [0.05, 0.1) is 11.7 Å². The molecule has 4 aromatic rings. The molecule has 5 heteroatoms. The molecule has 1 fully saturated rings. The first kappa shape index (κ1) is 18.7. The summed E-state index contributed by atoms with van der Waals surface area (Å²) >= 11 is 0. The highest BCUT2D eigenvalue weighted by Gasteiger charge is 2.34. The number of likely N-dealkylation sites (tertiary alicyclic amines) is 1. The van der Waals surface area contributed by atoms with Crippen LogP contribution in [0.2, 0.25) is 0 Å². The Kier molecular flexibility index (Phi) is 4.89. The Labute approximate surface area is 177 Å². The number of benzene rings is 1. The fourth-order valence-electron chi connectivity index (χ4n) is 4.45. The zero-order chi connectivity index (χ0) is 20.5. The van der Waals surface area contributed by atoms with Gasteiger partial charge in [0.1, 0.15) is 0 Å². The standard InChI is InChI=1S/C25H25N5/c1-18-14-22(8-12-27-18)24-9-13-30(28-24)25-17-29(2)16-23(25)21-5-3-4-20(15-21)19-6-10-26-11-7-19/h3-15,23,25H,16-17H2,1-2H3/t23-,25+/m0/s1. The molecule has 1 saturated heterocycles. The molecule has 4 heterocycles. The van der Waals surface area contributed by atoms with Gasteiger partial charge in [0.2, 0.25) is 0 Å². The largest absolute Gasteiger partial charge is 0.304 e. The maximum absolute atomic E-state index is 4.95. The first-order valence-corrected chi connectivity index (χ1v) is 10.3. The molecule has 5 rings (SSSR count). The fourth-order valence-corrected chi connectivity index (χ4v) is 4.45. The van der Waals surface area contributed by atoms with Gasteiger partial charge in [-0.2, -0.15) is 5.10 Å². The van der Waals surface area contributed by atoms with Crippen LogP contribution in [0.15, 0.2) is 79.4 Å². The zero-order valence-electron chi connectivity index (χ0n) is 17.3. The Morgan fingerprint density at radius 1 is 0.867 bits per heavy atom. The second kappa shape index (κ2) is 7.84. The minimum Gasteiger partial charge on any atom is -0.304 e. The van der Waals surface area contributed by atoms with Crippen molar-refractivity contribution in [1.29, 1.82) is 0 Å². The summed E-state index contributed by atoms with van der Waals surface area (Å²) in [6.45, 7) is 4.02. The molecule has 0 saturated carbocycles. The maximum Gasteiger partial charge on any atom is 0.0924 e. The third-order valence-corrected chi connectivity index (χ3v) is 5.94. The Hall–Kier alpha value is -3.31. The predicted molar refractivity (Wildman–Crippen MR) is 119 cm³/mol. The van der Waals surface area contributed by atoms with Crippen LogP contribution in [0.5, 0.6) is 0 Å². The van der Waals surface area contributed by atoms with Crippen LogP contribution in [0, 0.1) is 6.92 Å². The van der Waals surface area contributed by atoms with Gasteiger partial charge < -0.3 is 4.90 Å². The number of pyridine rings is 2. The van der Waals surface area contributed by atoms with E-state index in [1.807, 2.05) is 31.6 Å². The quantitative estimate of drug-likeness (QED) is 0.507. The average Bonchev–Trinajstić information content (AvgIpc) is 3.41. The van der Waals surface area contributed by atoms with Crippen LogP contribution in [-0.2, 0) is 0 Å². The first-order chi connectivity index (χ1) is 14.7. The number of aryl methyl sites for hydroxylation is 1. The molecule has 5 nitrogen and oxygen atoms in total. The van der Waals surface area contributed by atoms with E-state index in [1.165, 1.54) is 16.7 Å². The summed E-state index contributed by atoms with van der Waals surface area (Å²) in [5.74, 6) is 0.392. The van der Waals surface area contributed by atoms with Crippen LogP contribution in [-0.4, -0.2) is 44.8 Å². The van der Waals surface area contributed by atoms with Gasteiger partial charge >= 0.3 is 0 Å². The maximum atomic E-state index is 4.95. The lowest BCUT2D eigenvalue weighted by Gasteiger charge is -2.20. The Morgan fingerprint density at radius 2 is 1.70 bits per heavy atom. The molecule has 1 aromatic carbocycles. The SMILES string of the molecule is Cc1cc(-c2ccn([C@@H]3CN(C)C[C@H]3c3cccc(-c4ccncc4)c3)n2)ccn1. The van der Waals surface area contributed by atoms with E-state index in [2.05, 4.69) is 81.3 Å². The average molecular weight is 396 g/mol. The summed E-state index contributed by atoms with van der Waals surface area (Å²) in [7, 11) is 2.19. The molecule has 3 aromatic heterocycles. The van der Waals surface area contributed by atoms with Crippen LogP contribution >= 0.6 is 0 Å². The highest BCUT2D eigenvalue weighted by molar-refractivity contribution is 5.64. The molecule has 0 spiro atoms. The van der Waals surface area contributed by atoms with Crippen molar-refractivity contribution >= 4 is 0 Å². The number of rotatable bonds is 4. The third-order valence-electron chi connectivity index (χ3n) is 5.94. The van der Waals surface area contributed by atoms with E-state index < -0.39 is 0 Å². The molecule has 0 radical (unpaired) electrons. The normalized spacial score (nSPS) is 19.3. The van der Waals surface area contributed by atoms with Gasteiger partial charge in [-0.1, -0.05) is 24.3 Å². The van der Waals surface area contributed by atoms with Crippen LogP contribution in [0.1, 0.15) is 23.2 Å². The molecule has 1 aliphatic rings. The summed E-state index contributed by atoms with van der Waals surface area (Å²) in [6, 6.07) is 19.6. The summed E-state index contributed by atoms with van der Waals surface area (Å²) in [4.78, 5) is 10.8. The number of hydrogen-bond acceptors (Lipinski definition) is 4. The molecule has 0 amide bonds. The smallest absolute Gasteiger partial charge is 0.0924 e. The lowest BCUT2D eigenvalue weighted by molar-refractivity contribution is 0.382. The van der Waals surface area contributed by atoms with Crippen molar-refractivity contribution in [3.63, 3.8) is 0 Å². The molecular formula is C25H25N5. The molecule has 30 heavy (non-hydrogen) atoms. The molecule has 0 bridgehead atoms. The zero-order valence-corrected chi connectivity index (χ0v) is 17.3.